The van der Waals surface area contributed by atoms with Gasteiger partial charge in [0.1, 0.15) is 10.8 Å². The van der Waals surface area contributed by atoms with E-state index >= 15 is 0 Å². The lowest BCUT2D eigenvalue weighted by Gasteiger charge is -2.27. The van der Waals surface area contributed by atoms with Crippen LogP contribution in [0.4, 0.5) is 15.1 Å². The first kappa shape index (κ1) is 19.0. The quantitative estimate of drug-likeness (QED) is 0.720. The predicted octanol–water partition coefficient (Wildman–Crippen LogP) is 3.97. The summed E-state index contributed by atoms with van der Waals surface area (Å²) in [5.41, 5.74) is 0.253. The average molecular weight is 390 g/mol. The van der Waals surface area contributed by atoms with E-state index in [0.717, 1.165) is 24.2 Å². The summed E-state index contributed by atoms with van der Waals surface area (Å²) in [6.07, 6.45) is 2.56. The molecule has 0 aliphatic heterocycles. The highest BCUT2D eigenvalue weighted by molar-refractivity contribution is 7.14. The fourth-order valence-corrected chi connectivity index (χ4v) is 4.07. The Labute approximate surface area is 159 Å². The number of benzene rings is 1. The lowest BCUT2D eigenvalue weighted by Crippen LogP contribution is -2.36. The Morgan fingerprint density at radius 1 is 1.04 bits per heavy atom. The summed E-state index contributed by atoms with van der Waals surface area (Å²) < 4.78 is 13.7. The van der Waals surface area contributed by atoms with Crippen molar-refractivity contribution < 1.29 is 23.9 Å². The van der Waals surface area contributed by atoms with Crippen LogP contribution in [0.2, 0.25) is 0 Å². The fraction of sp³-hybridized carbons (Fsp3) is 0.316. The summed E-state index contributed by atoms with van der Waals surface area (Å²) >= 11 is 1.16. The van der Waals surface area contributed by atoms with Gasteiger partial charge in [0.05, 0.1) is 23.1 Å². The van der Waals surface area contributed by atoms with Crippen LogP contribution < -0.4 is 10.6 Å². The van der Waals surface area contributed by atoms with Crippen molar-refractivity contribution in [1.82, 2.24) is 0 Å². The summed E-state index contributed by atoms with van der Waals surface area (Å²) in [6.45, 7) is 0. The van der Waals surface area contributed by atoms with E-state index in [4.69, 9.17) is 0 Å². The molecule has 1 heterocycles. The second kappa shape index (κ2) is 8.30. The predicted molar refractivity (Wildman–Crippen MR) is 100 cm³/mol. The number of thiophene rings is 1. The van der Waals surface area contributed by atoms with Crippen molar-refractivity contribution in [3.63, 3.8) is 0 Å². The monoisotopic (exact) mass is 390 g/mol. The fourth-order valence-electron chi connectivity index (χ4n) is 3.28. The Hall–Kier alpha value is -2.74. The zero-order valence-corrected chi connectivity index (χ0v) is 15.2. The molecule has 27 heavy (non-hydrogen) atoms. The van der Waals surface area contributed by atoms with Crippen molar-refractivity contribution in [3.05, 3.63) is 47.1 Å². The number of aliphatic carboxylic acids is 1. The molecule has 0 spiro atoms. The molecule has 3 N–H and O–H groups in total. The van der Waals surface area contributed by atoms with Crippen molar-refractivity contribution in [3.8, 4) is 0 Å². The molecule has 0 radical (unpaired) electrons. The van der Waals surface area contributed by atoms with Crippen molar-refractivity contribution in [2.45, 2.75) is 25.7 Å². The second-order valence-electron chi connectivity index (χ2n) is 6.42. The number of amides is 2. The van der Waals surface area contributed by atoms with Gasteiger partial charge in [-0.05, 0) is 36.4 Å². The third-order valence-corrected chi connectivity index (χ3v) is 5.52. The third kappa shape index (κ3) is 4.33. The second-order valence-corrected chi connectivity index (χ2v) is 7.34. The first-order chi connectivity index (χ1) is 13.0. The Kier molecular flexibility index (Phi) is 5.85. The van der Waals surface area contributed by atoms with Gasteiger partial charge in [0.25, 0.3) is 5.91 Å². The average Bonchev–Trinajstić information content (AvgIpc) is 3.11. The molecule has 1 saturated carbocycles. The molecule has 1 aliphatic carbocycles. The molecule has 2 amide bonds. The number of nitrogens with one attached hydrogen (secondary N) is 2. The van der Waals surface area contributed by atoms with Crippen molar-refractivity contribution in [2.75, 3.05) is 10.6 Å². The van der Waals surface area contributed by atoms with E-state index in [9.17, 15) is 23.9 Å². The SMILES string of the molecule is O=C(Nc1ccccc1F)c1ccsc1NC(=O)[C@H]1CCCC[C@H]1C(=O)O. The maximum atomic E-state index is 13.7. The Morgan fingerprint density at radius 3 is 2.44 bits per heavy atom. The zero-order chi connectivity index (χ0) is 19.4. The molecule has 3 rings (SSSR count). The van der Waals surface area contributed by atoms with Gasteiger partial charge in [0.15, 0.2) is 0 Å². The smallest absolute Gasteiger partial charge is 0.307 e. The largest absolute Gasteiger partial charge is 0.481 e. The molecule has 1 aromatic heterocycles. The van der Waals surface area contributed by atoms with E-state index in [2.05, 4.69) is 10.6 Å². The first-order valence-electron chi connectivity index (χ1n) is 8.64. The summed E-state index contributed by atoms with van der Waals surface area (Å²) in [4.78, 5) is 36.5. The van der Waals surface area contributed by atoms with Crippen LogP contribution in [-0.2, 0) is 9.59 Å². The van der Waals surface area contributed by atoms with Crippen molar-refractivity contribution >= 4 is 39.8 Å². The van der Waals surface area contributed by atoms with E-state index < -0.39 is 35.4 Å². The lowest BCUT2D eigenvalue weighted by atomic mass is 9.79. The molecule has 2 atom stereocenters. The van der Waals surface area contributed by atoms with Crippen LogP contribution in [0, 0.1) is 17.7 Å². The van der Waals surface area contributed by atoms with Crippen LogP contribution in [0.5, 0.6) is 0 Å². The van der Waals surface area contributed by atoms with Crippen LogP contribution in [0.15, 0.2) is 35.7 Å². The van der Waals surface area contributed by atoms with Gasteiger partial charge in [-0.15, -0.1) is 11.3 Å². The molecule has 1 aliphatic rings. The number of carbonyl (C=O) groups excluding carboxylic acids is 2. The van der Waals surface area contributed by atoms with Crippen LogP contribution in [0.3, 0.4) is 0 Å². The molecule has 0 saturated heterocycles. The number of carboxylic acid groups (broad SMARTS) is 1. The van der Waals surface area contributed by atoms with E-state index in [1.807, 2.05) is 0 Å². The standard InChI is InChI=1S/C19H19FN2O4S/c20-14-7-3-4-8-15(14)21-17(24)13-9-10-27-18(13)22-16(23)11-5-1-2-6-12(11)19(25)26/h3-4,7-12H,1-2,5-6H2,(H,21,24)(H,22,23)(H,25,26)/t11-,12+/m0/s1. The van der Waals surface area contributed by atoms with Crippen LogP contribution in [0.1, 0.15) is 36.0 Å². The van der Waals surface area contributed by atoms with Crippen LogP contribution in [0.25, 0.3) is 0 Å². The van der Waals surface area contributed by atoms with Crippen LogP contribution in [-0.4, -0.2) is 22.9 Å². The molecule has 142 valence electrons. The van der Waals surface area contributed by atoms with Gasteiger partial charge in [0, 0.05) is 0 Å². The molecule has 2 aromatic rings. The molecular weight excluding hydrogens is 371 g/mol. The Morgan fingerprint density at radius 2 is 1.74 bits per heavy atom. The number of carbonyl (C=O) groups is 3. The van der Waals surface area contributed by atoms with Gasteiger partial charge >= 0.3 is 5.97 Å². The number of hydrogen-bond acceptors (Lipinski definition) is 4. The summed E-state index contributed by atoms with van der Waals surface area (Å²) in [6, 6.07) is 7.33. The Balaban J connectivity index is 1.73. The minimum Gasteiger partial charge on any atom is -0.481 e. The minimum absolute atomic E-state index is 0.0456. The Bertz CT molecular complexity index is 867. The number of para-hydroxylation sites is 1. The molecule has 0 bridgehead atoms. The van der Waals surface area contributed by atoms with Gasteiger partial charge in [-0.25, -0.2) is 4.39 Å². The molecule has 6 nitrogen and oxygen atoms in total. The third-order valence-electron chi connectivity index (χ3n) is 4.69. The highest BCUT2D eigenvalue weighted by Crippen LogP contribution is 2.33. The van der Waals surface area contributed by atoms with E-state index in [0.29, 0.717) is 17.8 Å². The van der Waals surface area contributed by atoms with E-state index in [1.54, 1.807) is 11.4 Å². The number of anilines is 2. The number of hydrogen-bond donors (Lipinski definition) is 3. The lowest BCUT2D eigenvalue weighted by molar-refractivity contribution is -0.147. The molecular formula is C19H19FN2O4S. The van der Waals surface area contributed by atoms with Gasteiger partial charge < -0.3 is 15.7 Å². The molecule has 1 aromatic carbocycles. The van der Waals surface area contributed by atoms with Crippen molar-refractivity contribution in [1.29, 1.82) is 0 Å². The molecule has 8 heteroatoms. The number of carboxylic acids is 1. The topological polar surface area (TPSA) is 95.5 Å². The molecule has 0 unspecified atom stereocenters. The number of rotatable bonds is 5. The first-order valence-corrected chi connectivity index (χ1v) is 9.52. The maximum absolute atomic E-state index is 13.7. The summed E-state index contributed by atoms with van der Waals surface area (Å²) in [7, 11) is 0. The van der Waals surface area contributed by atoms with E-state index in [-0.39, 0.29) is 11.3 Å². The van der Waals surface area contributed by atoms with Gasteiger partial charge in [-0.2, -0.15) is 0 Å². The van der Waals surface area contributed by atoms with E-state index in [1.165, 1.54) is 24.3 Å². The highest BCUT2D eigenvalue weighted by atomic mass is 32.1. The molecule has 1 fully saturated rings. The van der Waals surface area contributed by atoms with Gasteiger partial charge in [-0.3, -0.25) is 14.4 Å². The zero-order valence-electron chi connectivity index (χ0n) is 14.4. The number of halogens is 1. The van der Waals surface area contributed by atoms with Gasteiger partial charge in [-0.1, -0.05) is 25.0 Å². The highest BCUT2D eigenvalue weighted by Gasteiger charge is 2.36. The maximum Gasteiger partial charge on any atom is 0.307 e. The van der Waals surface area contributed by atoms with Crippen molar-refractivity contribution in [2.24, 2.45) is 11.8 Å². The summed E-state index contributed by atoms with van der Waals surface area (Å²) in [5.74, 6) is -3.81. The van der Waals surface area contributed by atoms with Crippen LogP contribution >= 0.6 is 11.3 Å². The minimum atomic E-state index is -0.974. The van der Waals surface area contributed by atoms with Gasteiger partial charge in [0.2, 0.25) is 5.91 Å². The summed E-state index contributed by atoms with van der Waals surface area (Å²) in [5, 5.41) is 16.5. The normalized spacial score (nSPS) is 19.3.